The van der Waals surface area contributed by atoms with Crippen LogP contribution in [0.3, 0.4) is 0 Å². The summed E-state index contributed by atoms with van der Waals surface area (Å²) in [5, 5.41) is 26.2. The second kappa shape index (κ2) is 21.3. The Hall–Kier alpha value is -4.10. The quantitative estimate of drug-likeness (QED) is 0.0250. The number of nitrogens with one attached hydrogen (secondary N) is 2. The number of halogens is 2. The molecule has 1 fully saturated rings. The van der Waals surface area contributed by atoms with Gasteiger partial charge >= 0.3 is 35.2 Å². The van der Waals surface area contributed by atoms with Gasteiger partial charge in [-0.2, -0.15) is 14.0 Å². The molecule has 2 amide bonds. The highest BCUT2D eigenvalue weighted by Gasteiger charge is 2.43. The third-order valence-electron chi connectivity index (χ3n) is 8.24. The van der Waals surface area contributed by atoms with E-state index in [0.29, 0.717) is 31.6 Å². The summed E-state index contributed by atoms with van der Waals surface area (Å²) in [6.45, 7) is 0.234. The molecule has 4 rings (SSSR count). The van der Waals surface area contributed by atoms with Gasteiger partial charge in [0.1, 0.15) is 5.75 Å². The van der Waals surface area contributed by atoms with Gasteiger partial charge in [0.2, 0.25) is 5.91 Å². The predicted molar refractivity (Wildman–Crippen MR) is 189 cm³/mol. The molecule has 1 saturated heterocycles. The molecule has 55 heavy (non-hydrogen) atoms. The Morgan fingerprint density at radius 2 is 1.75 bits per heavy atom. The van der Waals surface area contributed by atoms with Crippen molar-refractivity contribution in [3.8, 4) is 5.75 Å². The van der Waals surface area contributed by atoms with E-state index in [2.05, 4.69) is 35.0 Å². The van der Waals surface area contributed by atoms with Crippen LogP contribution in [0.25, 0.3) is 0 Å². The van der Waals surface area contributed by atoms with Crippen molar-refractivity contribution in [1.82, 2.24) is 30.8 Å². The first-order valence-electron chi connectivity index (χ1n) is 17.1. The lowest BCUT2D eigenvalue weighted by molar-refractivity contribution is -0.282. The maximum Gasteiger partial charge on any atom is 0.412 e. The molecule has 22 heteroatoms. The van der Waals surface area contributed by atoms with Gasteiger partial charge in [0.25, 0.3) is 5.97 Å². The summed E-state index contributed by atoms with van der Waals surface area (Å²) in [5.41, 5.74) is -0.608. The number of hydrogen-bond acceptors (Lipinski definition) is 15. The van der Waals surface area contributed by atoms with Crippen LogP contribution in [0, 0.1) is 0 Å². The van der Waals surface area contributed by atoms with Gasteiger partial charge in [-0.3, -0.25) is 13.8 Å². The molecule has 0 unspecified atom stereocenters. The van der Waals surface area contributed by atoms with Gasteiger partial charge in [0, 0.05) is 37.9 Å². The van der Waals surface area contributed by atoms with Crippen LogP contribution in [-0.2, 0) is 30.9 Å². The minimum absolute atomic E-state index is 0.0975. The van der Waals surface area contributed by atoms with Gasteiger partial charge in [0.05, 0.1) is 11.6 Å². The van der Waals surface area contributed by atoms with Gasteiger partial charge in [-0.15, -0.1) is 10.2 Å². The Morgan fingerprint density at radius 3 is 2.44 bits per heavy atom. The molecule has 0 bridgehead atoms. The smallest absolute Gasteiger partial charge is 0.412 e. The molecular formula is C33H42F2N6O12P2. The topological polar surface area (TPSA) is 259 Å². The molecule has 18 nitrogen and oxygen atoms in total. The van der Waals surface area contributed by atoms with E-state index in [4.69, 9.17) is 29.0 Å². The summed E-state index contributed by atoms with van der Waals surface area (Å²) in [6.07, 6.45) is 3.41. The second-order valence-electron chi connectivity index (χ2n) is 12.2. The number of H-pyrrole nitrogens is 1. The van der Waals surface area contributed by atoms with Gasteiger partial charge in [-0.25, -0.2) is 9.59 Å². The number of likely N-dealkylation sites (tertiary alicyclic amines) is 1. The van der Waals surface area contributed by atoms with E-state index >= 15 is 8.78 Å². The summed E-state index contributed by atoms with van der Waals surface area (Å²) in [6, 6.07) is 11.4. The van der Waals surface area contributed by atoms with Crippen molar-refractivity contribution < 1.29 is 66.4 Å². The maximum atomic E-state index is 16.0. The minimum Gasteiger partial charge on any atom is -0.448 e. The number of aliphatic hydroxyl groups is 1. The lowest BCUT2D eigenvalue weighted by Crippen LogP contribution is -2.36. The number of carbonyl (C=O) groups excluding carboxylic acids is 3. The van der Waals surface area contributed by atoms with Gasteiger partial charge in [-0.05, 0) is 50.0 Å². The third kappa shape index (κ3) is 14.2. The average Bonchev–Trinajstić information content (AvgIpc) is 3.79. The summed E-state index contributed by atoms with van der Waals surface area (Å²) >= 11 is 0. The lowest BCUT2D eigenvalue weighted by Gasteiger charge is -2.27. The van der Waals surface area contributed by atoms with Crippen LogP contribution in [0.2, 0.25) is 0 Å². The number of carbonyl (C=O) groups is 3. The number of esters is 1. The Kier molecular flexibility index (Phi) is 16.9. The molecule has 300 valence electrons. The van der Waals surface area contributed by atoms with Crippen LogP contribution in [0.1, 0.15) is 73.1 Å². The number of nitrogens with zero attached hydrogens (tertiary/aromatic N) is 4. The summed E-state index contributed by atoms with van der Waals surface area (Å²) in [5.74, 6) is -7.20. The summed E-state index contributed by atoms with van der Waals surface area (Å²) < 4.78 is 51.3. The highest BCUT2D eigenvalue weighted by atomic mass is 31.2. The lowest BCUT2D eigenvalue weighted by atomic mass is 10.0. The standard InChI is InChI=1S/C33H42F2N6O12P2/c34-33(35,24-11-4-3-5-12-24)27(17-15-25-16-18-29(42)41(25)21-7-2-1-6-14-28-37-39-40-38-28)51-30(43)23-10-8-13-26(22-23)50-31(44)36-20-9-19-32(45,52-54(46)47)53-55(48)49/h3-5,8,10-13,15,17,22,25,27,45-49H,1-2,6-7,9,14,16,18-21H2,(H,36,44)(H,37,38,39,40)/b17-15+/t25-,27+/m0/s1. The van der Waals surface area contributed by atoms with Crippen molar-refractivity contribution in [2.75, 3.05) is 13.1 Å². The number of hydrogen-bond donors (Lipinski definition) is 7. The fourth-order valence-corrected chi connectivity index (χ4v) is 6.45. The minimum atomic E-state index is -3.68. The van der Waals surface area contributed by atoms with Crippen molar-refractivity contribution in [1.29, 1.82) is 0 Å². The van der Waals surface area contributed by atoms with E-state index < -0.39 is 65.3 Å². The number of aromatic amines is 1. The molecule has 2 aromatic carbocycles. The first-order chi connectivity index (χ1) is 26.3. The van der Waals surface area contributed by atoms with Crippen LogP contribution in [0.5, 0.6) is 5.75 Å². The number of alkyl halides is 2. The fraction of sp³-hybridized carbons (Fsp3) is 0.455. The van der Waals surface area contributed by atoms with Crippen molar-refractivity contribution in [3.63, 3.8) is 0 Å². The van der Waals surface area contributed by atoms with Crippen molar-refractivity contribution in [3.05, 3.63) is 83.7 Å². The molecule has 2 heterocycles. The zero-order valence-electron chi connectivity index (χ0n) is 29.3. The molecule has 7 N–H and O–H groups in total. The number of unbranched alkanes of at least 4 members (excludes halogenated alkanes) is 3. The number of tetrazole rings is 1. The second-order valence-corrected chi connectivity index (χ2v) is 13.6. The largest absolute Gasteiger partial charge is 0.448 e. The number of amides is 2. The molecular weight excluding hydrogens is 772 g/mol. The van der Waals surface area contributed by atoms with Crippen molar-refractivity contribution in [2.45, 2.75) is 81.8 Å². The molecule has 1 aliphatic rings. The average molecular weight is 815 g/mol. The summed E-state index contributed by atoms with van der Waals surface area (Å²) in [7, 11) is -6.27. The van der Waals surface area contributed by atoms with Crippen LogP contribution in [-0.4, -0.2) is 99.4 Å². The number of rotatable bonds is 22. The van der Waals surface area contributed by atoms with Crippen LogP contribution >= 0.6 is 17.2 Å². The summed E-state index contributed by atoms with van der Waals surface area (Å²) in [4.78, 5) is 76.0. The SMILES string of the molecule is O=C(NCCCC(O)(OP(O)O)OP(O)O)Oc1cccc(C(=O)O[C@H](/C=C/[C@H]2CCC(=O)N2CCCCCCc2nn[nH]n2)C(F)(F)c2ccccc2)c1. The molecule has 3 aromatic rings. The fourth-order valence-electron chi connectivity index (χ4n) is 5.62. The number of aryl methyl sites for hydroxylation is 1. The molecule has 1 aliphatic heterocycles. The predicted octanol–water partition coefficient (Wildman–Crippen LogP) is 3.84. The Bertz CT molecular complexity index is 1680. The van der Waals surface area contributed by atoms with Crippen LogP contribution < -0.4 is 10.1 Å². The Morgan fingerprint density at radius 1 is 1.02 bits per heavy atom. The van der Waals surface area contributed by atoms with Gasteiger partial charge < -0.3 is 44.4 Å². The molecule has 2 atom stereocenters. The van der Waals surface area contributed by atoms with Crippen LogP contribution in [0.15, 0.2) is 66.7 Å². The molecule has 0 saturated carbocycles. The molecule has 1 aromatic heterocycles. The van der Waals surface area contributed by atoms with Gasteiger partial charge in [-0.1, -0.05) is 60.5 Å². The molecule has 0 aliphatic carbocycles. The Labute approximate surface area is 316 Å². The van der Waals surface area contributed by atoms with Gasteiger partial charge in [0.15, 0.2) is 11.9 Å². The van der Waals surface area contributed by atoms with E-state index in [1.54, 1.807) is 11.0 Å². The van der Waals surface area contributed by atoms with E-state index in [-0.39, 0.29) is 36.6 Å². The zero-order valence-corrected chi connectivity index (χ0v) is 31.1. The Balaban J connectivity index is 1.36. The third-order valence-corrected chi connectivity index (χ3v) is 9.14. The normalized spacial score (nSPS) is 15.6. The highest BCUT2D eigenvalue weighted by molar-refractivity contribution is 7.40. The highest BCUT2D eigenvalue weighted by Crippen LogP contribution is 2.41. The van der Waals surface area contributed by atoms with E-state index in [9.17, 15) is 19.5 Å². The number of aromatic nitrogens is 4. The van der Waals surface area contributed by atoms with Crippen LogP contribution in [0.4, 0.5) is 13.6 Å². The maximum absolute atomic E-state index is 16.0. The van der Waals surface area contributed by atoms with E-state index in [1.165, 1.54) is 48.5 Å². The van der Waals surface area contributed by atoms with Crippen molar-refractivity contribution in [2.24, 2.45) is 0 Å². The van der Waals surface area contributed by atoms with E-state index in [1.807, 2.05) is 0 Å². The van der Waals surface area contributed by atoms with Crippen molar-refractivity contribution >= 4 is 35.2 Å². The monoisotopic (exact) mass is 814 g/mol. The molecule has 0 radical (unpaired) electrons. The first kappa shape index (κ1) is 43.6. The zero-order chi connectivity index (χ0) is 39.8. The molecule has 0 spiro atoms. The first-order valence-corrected chi connectivity index (χ1v) is 19.5. The number of ether oxygens (including phenoxy) is 2. The number of benzene rings is 2. The van der Waals surface area contributed by atoms with E-state index in [0.717, 1.165) is 31.4 Å².